The predicted molar refractivity (Wildman–Crippen MR) is 57.2 cm³/mol. The number of aliphatic carboxylic acids is 1. The van der Waals surface area contributed by atoms with Gasteiger partial charge in [0, 0.05) is 25.0 Å². The van der Waals surface area contributed by atoms with Gasteiger partial charge in [-0.25, -0.2) is 4.98 Å². The molecule has 1 aromatic rings. The van der Waals surface area contributed by atoms with E-state index in [4.69, 9.17) is 16.7 Å². The van der Waals surface area contributed by atoms with Gasteiger partial charge in [-0.3, -0.25) is 4.79 Å². The second-order valence-corrected chi connectivity index (χ2v) is 3.99. The van der Waals surface area contributed by atoms with Gasteiger partial charge in [0.2, 0.25) is 0 Å². The number of pyridine rings is 1. The largest absolute Gasteiger partial charge is 0.481 e. The van der Waals surface area contributed by atoms with Crippen LogP contribution in [-0.2, 0) is 4.79 Å². The van der Waals surface area contributed by atoms with E-state index in [-0.39, 0.29) is 5.92 Å². The lowest BCUT2D eigenvalue weighted by atomic mass is 10.1. The summed E-state index contributed by atoms with van der Waals surface area (Å²) >= 11 is 5.77. The molecule has 2 rings (SSSR count). The number of hydrogen-bond donors (Lipinski definition) is 1. The summed E-state index contributed by atoms with van der Waals surface area (Å²) in [4.78, 5) is 16.7. The topological polar surface area (TPSA) is 53.4 Å². The van der Waals surface area contributed by atoms with Crippen LogP contribution in [-0.4, -0.2) is 29.1 Å². The predicted octanol–water partition coefficient (Wildman–Crippen LogP) is 1.65. The lowest BCUT2D eigenvalue weighted by Crippen LogP contribution is -2.22. The molecule has 5 heteroatoms. The Bertz CT molecular complexity index is 383. The Morgan fingerprint density at radius 1 is 1.67 bits per heavy atom. The molecule has 1 fully saturated rings. The third-order valence-electron chi connectivity index (χ3n) is 2.61. The lowest BCUT2D eigenvalue weighted by Gasteiger charge is -2.17. The highest BCUT2D eigenvalue weighted by Gasteiger charge is 2.28. The molecule has 1 aliphatic rings. The molecule has 1 aliphatic heterocycles. The molecular weight excluding hydrogens is 216 g/mol. The maximum atomic E-state index is 10.8. The fourth-order valence-corrected chi connectivity index (χ4v) is 1.95. The van der Waals surface area contributed by atoms with Crippen molar-refractivity contribution in [3.8, 4) is 0 Å². The standard InChI is InChI=1S/C10H11ClN2O2/c11-9-5-8(1-3-12-9)13-4-2-7(6-13)10(14)15/h1,3,5,7H,2,4,6H2,(H,14,15)/t7-/m0/s1. The number of anilines is 1. The first kappa shape index (κ1) is 10.2. The summed E-state index contributed by atoms with van der Waals surface area (Å²) in [5.41, 5.74) is 0.943. The highest BCUT2D eigenvalue weighted by atomic mass is 35.5. The zero-order valence-corrected chi connectivity index (χ0v) is 8.81. The van der Waals surface area contributed by atoms with Crippen LogP contribution in [0.3, 0.4) is 0 Å². The zero-order chi connectivity index (χ0) is 10.8. The summed E-state index contributed by atoms with van der Waals surface area (Å²) in [6.07, 6.45) is 2.32. The van der Waals surface area contributed by atoms with Crippen molar-refractivity contribution in [2.24, 2.45) is 5.92 Å². The van der Waals surface area contributed by atoms with Crippen molar-refractivity contribution in [1.82, 2.24) is 4.98 Å². The summed E-state index contributed by atoms with van der Waals surface area (Å²) < 4.78 is 0. The Hall–Kier alpha value is -1.29. The average Bonchev–Trinajstić information content (AvgIpc) is 2.66. The first-order valence-electron chi connectivity index (χ1n) is 4.76. The molecule has 1 N–H and O–H groups in total. The fourth-order valence-electron chi connectivity index (χ4n) is 1.79. The van der Waals surface area contributed by atoms with E-state index in [2.05, 4.69) is 4.98 Å². The number of carboxylic acid groups (broad SMARTS) is 1. The van der Waals surface area contributed by atoms with Crippen LogP contribution >= 0.6 is 11.6 Å². The molecule has 1 atom stereocenters. The Morgan fingerprint density at radius 2 is 2.47 bits per heavy atom. The summed E-state index contributed by atoms with van der Waals surface area (Å²) in [5, 5.41) is 9.30. The van der Waals surface area contributed by atoms with E-state index >= 15 is 0 Å². The van der Waals surface area contributed by atoms with Gasteiger partial charge in [-0.05, 0) is 18.6 Å². The van der Waals surface area contributed by atoms with Crippen LogP contribution in [0.2, 0.25) is 5.15 Å². The van der Waals surface area contributed by atoms with E-state index in [1.165, 1.54) is 0 Å². The van der Waals surface area contributed by atoms with Crippen molar-refractivity contribution in [2.45, 2.75) is 6.42 Å². The molecule has 0 aromatic carbocycles. The molecule has 4 nitrogen and oxygen atoms in total. The van der Waals surface area contributed by atoms with Gasteiger partial charge in [0.25, 0.3) is 0 Å². The van der Waals surface area contributed by atoms with Gasteiger partial charge in [-0.15, -0.1) is 0 Å². The number of hydrogen-bond acceptors (Lipinski definition) is 3. The molecule has 1 saturated heterocycles. The van der Waals surface area contributed by atoms with E-state index < -0.39 is 5.97 Å². The molecule has 0 saturated carbocycles. The number of carboxylic acids is 1. The highest BCUT2D eigenvalue weighted by molar-refractivity contribution is 6.29. The second-order valence-electron chi connectivity index (χ2n) is 3.61. The van der Waals surface area contributed by atoms with Crippen LogP contribution in [0.4, 0.5) is 5.69 Å². The van der Waals surface area contributed by atoms with Crippen LogP contribution < -0.4 is 4.90 Å². The third kappa shape index (κ3) is 2.21. The second kappa shape index (κ2) is 4.06. The van der Waals surface area contributed by atoms with E-state index in [1.807, 2.05) is 11.0 Å². The van der Waals surface area contributed by atoms with Crippen molar-refractivity contribution in [3.05, 3.63) is 23.5 Å². The maximum absolute atomic E-state index is 10.8. The number of aromatic nitrogens is 1. The molecule has 0 spiro atoms. The first-order chi connectivity index (χ1) is 7.16. The van der Waals surface area contributed by atoms with Gasteiger partial charge >= 0.3 is 5.97 Å². The minimum Gasteiger partial charge on any atom is -0.481 e. The van der Waals surface area contributed by atoms with E-state index in [9.17, 15) is 4.79 Å². The Morgan fingerprint density at radius 3 is 3.07 bits per heavy atom. The molecule has 0 bridgehead atoms. The van der Waals surface area contributed by atoms with Gasteiger partial charge in [-0.1, -0.05) is 11.6 Å². The monoisotopic (exact) mass is 226 g/mol. The highest BCUT2D eigenvalue weighted by Crippen LogP contribution is 2.24. The minimum atomic E-state index is -0.724. The SMILES string of the molecule is O=C(O)[C@H]1CCN(c2ccnc(Cl)c2)C1. The van der Waals surface area contributed by atoms with E-state index in [0.29, 0.717) is 18.1 Å². The number of halogens is 1. The zero-order valence-electron chi connectivity index (χ0n) is 8.06. The molecule has 80 valence electrons. The van der Waals surface area contributed by atoms with Gasteiger partial charge in [-0.2, -0.15) is 0 Å². The van der Waals surface area contributed by atoms with E-state index in [0.717, 1.165) is 12.2 Å². The first-order valence-corrected chi connectivity index (χ1v) is 5.14. The van der Waals surface area contributed by atoms with Crippen LogP contribution in [0, 0.1) is 5.92 Å². The Kier molecular flexibility index (Phi) is 2.77. The molecule has 1 aromatic heterocycles. The van der Waals surface area contributed by atoms with Crippen molar-refractivity contribution < 1.29 is 9.90 Å². The van der Waals surface area contributed by atoms with Gasteiger partial charge in [0.1, 0.15) is 5.15 Å². The Balaban J connectivity index is 2.11. The van der Waals surface area contributed by atoms with Crippen LogP contribution in [0.25, 0.3) is 0 Å². The summed E-state index contributed by atoms with van der Waals surface area (Å²) in [6.45, 7) is 1.31. The van der Waals surface area contributed by atoms with Crippen molar-refractivity contribution >= 4 is 23.3 Å². The van der Waals surface area contributed by atoms with Gasteiger partial charge < -0.3 is 10.0 Å². The fraction of sp³-hybridized carbons (Fsp3) is 0.400. The van der Waals surface area contributed by atoms with Crippen molar-refractivity contribution in [1.29, 1.82) is 0 Å². The number of rotatable bonds is 2. The smallest absolute Gasteiger partial charge is 0.308 e. The molecule has 0 aliphatic carbocycles. The average molecular weight is 227 g/mol. The summed E-state index contributed by atoms with van der Waals surface area (Å²) in [7, 11) is 0. The van der Waals surface area contributed by atoms with E-state index in [1.54, 1.807) is 12.3 Å². The lowest BCUT2D eigenvalue weighted by molar-refractivity contribution is -0.140. The molecule has 15 heavy (non-hydrogen) atoms. The van der Waals surface area contributed by atoms with Gasteiger partial charge in [0.05, 0.1) is 5.92 Å². The normalized spacial score (nSPS) is 20.6. The van der Waals surface area contributed by atoms with Crippen LogP contribution in [0.15, 0.2) is 18.3 Å². The molecular formula is C10H11ClN2O2. The minimum absolute atomic E-state index is 0.267. The number of nitrogens with zero attached hydrogens (tertiary/aromatic N) is 2. The number of carbonyl (C=O) groups is 1. The molecule has 0 radical (unpaired) electrons. The quantitative estimate of drug-likeness (QED) is 0.779. The van der Waals surface area contributed by atoms with Crippen LogP contribution in [0.5, 0.6) is 0 Å². The summed E-state index contributed by atoms with van der Waals surface area (Å²) in [5.74, 6) is -0.991. The van der Waals surface area contributed by atoms with Crippen molar-refractivity contribution in [2.75, 3.05) is 18.0 Å². The summed E-state index contributed by atoms with van der Waals surface area (Å²) in [6, 6.07) is 3.60. The third-order valence-corrected chi connectivity index (χ3v) is 2.82. The van der Waals surface area contributed by atoms with Crippen LogP contribution in [0.1, 0.15) is 6.42 Å². The van der Waals surface area contributed by atoms with Gasteiger partial charge in [0.15, 0.2) is 0 Å². The molecule has 0 amide bonds. The van der Waals surface area contributed by atoms with Crippen molar-refractivity contribution in [3.63, 3.8) is 0 Å². The maximum Gasteiger partial charge on any atom is 0.308 e. The molecule has 2 heterocycles. The Labute approximate surface area is 92.5 Å². The molecule has 0 unspecified atom stereocenters.